The van der Waals surface area contributed by atoms with Gasteiger partial charge in [-0.1, -0.05) is 154 Å². The maximum absolute atomic E-state index is 16.8. The summed E-state index contributed by atoms with van der Waals surface area (Å²) >= 11 is 0. The van der Waals surface area contributed by atoms with Crippen molar-refractivity contribution < 1.29 is 23.1 Å². The lowest BCUT2D eigenvalue weighted by molar-refractivity contribution is 0.177. The van der Waals surface area contributed by atoms with Gasteiger partial charge in [0, 0.05) is 45.3 Å². The smallest absolute Gasteiger partial charge is 0.321 e. The van der Waals surface area contributed by atoms with Crippen LogP contribution < -0.4 is 0 Å². The molecule has 368 valence electrons. The molecule has 64 heavy (non-hydrogen) atoms. The molecule has 2 amide bonds. The summed E-state index contributed by atoms with van der Waals surface area (Å²) < 4.78 is 66.6. The van der Waals surface area contributed by atoms with Crippen LogP contribution in [-0.2, 0) is 18.3 Å². The molecule has 0 radical (unpaired) electrons. The molecule has 0 bridgehead atoms. The van der Waals surface area contributed by atoms with E-state index in [1.807, 2.05) is 9.80 Å². The highest BCUT2D eigenvalue weighted by atomic mass is 31.2. The molecule has 0 aliphatic heterocycles. The van der Waals surface area contributed by atoms with Crippen LogP contribution in [0.4, 0.5) is 4.79 Å². The van der Waals surface area contributed by atoms with Crippen molar-refractivity contribution >= 4 is 34.6 Å². The van der Waals surface area contributed by atoms with Crippen LogP contribution in [0.5, 0.6) is 0 Å². The van der Waals surface area contributed by atoms with E-state index in [1.54, 1.807) is 0 Å². The first-order chi connectivity index (χ1) is 31.1. The second-order valence-electron chi connectivity index (χ2n) is 23.7. The fourth-order valence-electron chi connectivity index (χ4n) is 15.9. The van der Waals surface area contributed by atoms with Crippen molar-refractivity contribution in [3.8, 4) is 0 Å². The van der Waals surface area contributed by atoms with Crippen molar-refractivity contribution in [1.29, 1.82) is 0 Å². The number of hydrogen-bond acceptors (Lipinski definition) is 5. The molecule has 0 saturated heterocycles. The van der Waals surface area contributed by atoms with E-state index in [4.69, 9.17) is 0 Å². The Morgan fingerprint density at radius 1 is 0.250 bits per heavy atom. The van der Waals surface area contributed by atoms with E-state index in [1.165, 1.54) is 51.4 Å². The average Bonchev–Trinajstić information content (AvgIpc) is 3.37. The van der Waals surface area contributed by atoms with E-state index in [0.29, 0.717) is 0 Å². The summed E-state index contributed by atoms with van der Waals surface area (Å²) in [6.07, 6.45) is 44.2. The van der Waals surface area contributed by atoms with Gasteiger partial charge < -0.3 is 28.1 Å². The summed E-state index contributed by atoms with van der Waals surface area (Å²) in [5, 5.41) is 0. The SMILES string of the molecule is O=C(N(CP(=O)(C1CCCCC1)C1CCCCC1)CP(=O)(C1CCCCC1)C1CCCCC1)N(CP(=O)(C1CCCCC1)C1CCCCC1)CP(=O)(C1CCCCC1)C1CCCCC1. The molecule has 8 rings (SSSR count). The first kappa shape index (κ1) is 50.6. The summed E-state index contributed by atoms with van der Waals surface area (Å²) in [7, 11) is -11.9. The minimum atomic E-state index is -2.97. The zero-order valence-electron chi connectivity index (χ0n) is 41.0. The van der Waals surface area contributed by atoms with Gasteiger partial charge in [-0.05, 0) is 103 Å². The molecular weight excluding hydrogens is 868 g/mol. The van der Waals surface area contributed by atoms with Crippen LogP contribution in [0.25, 0.3) is 0 Å². The van der Waals surface area contributed by atoms with Crippen molar-refractivity contribution in [1.82, 2.24) is 9.80 Å². The minimum absolute atomic E-state index is 0.128. The number of nitrogens with zero attached hydrogens (tertiary/aromatic N) is 2. The number of carbonyl (C=O) groups is 1. The van der Waals surface area contributed by atoms with Crippen LogP contribution in [0.2, 0.25) is 0 Å². The Morgan fingerprint density at radius 3 is 0.500 bits per heavy atom. The zero-order valence-corrected chi connectivity index (χ0v) is 44.5. The lowest BCUT2D eigenvalue weighted by Crippen LogP contribution is -2.49. The van der Waals surface area contributed by atoms with E-state index >= 15 is 23.1 Å². The predicted molar refractivity (Wildman–Crippen MR) is 274 cm³/mol. The molecule has 0 aromatic heterocycles. The Bertz CT molecular complexity index is 1320. The molecule has 0 aromatic carbocycles. The first-order valence-electron chi connectivity index (χ1n) is 28.5. The van der Waals surface area contributed by atoms with Gasteiger partial charge in [0.05, 0.1) is 25.1 Å². The monoisotopic (exact) mass is 965 g/mol. The zero-order chi connectivity index (χ0) is 44.5. The minimum Gasteiger partial charge on any atom is -0.321 e. The molecule has 0 atom stereocenters. The highest BCUT2D eigenvalue weighted by molar-refractivity contribution is 7.67. The quantitative estimate of drug-likeness (QED) is 0.144. The maximum Gasteiger partial charge on any atom is 0.321 e. The van der Waals surface area contributed by atoms with Gasteiger partial charge in [0.15, 0.2) is 0 Å². The number of carbonyl (C=O) groups excluding carboxylic acids is 1. The van der Waals surface area contributed by atoms with Crippen molar-refractivity contribution in [2.75, 3.05) is 25.1 Å². The van der Waals surface area contributed by atoms with Gasteiger partial charge >= 0.3 is 6.03 Å². The average molecular weight is 965 g/mol. The van der Waals surface area contributed by atoms with E-state index < -0.39 is 28.6 Å². The predicted octanol–water partition coefficient (Wildman–Crippen LogP) is 17.7. The second-order valence-corrected chi connectivity index (χ2v) is 37.5. The molecule has 8 saturated carbocycles. The molecule has 11 heteroatoms. The van der Waals surface area contributed by atoms with Crippen LogP contribution in [-0.4, -0.2) is 86.2 Å². The molecule has 0 spiro atoms. The van der Waals surface area contributed by atoms with Gasteiger partial charge in [-0.3, -0.25) is 0 Å². The molecule has 8 aliphatic rings. The normalized spacial score (nSPS) is 26.5. The lowest BCUT2D eigenvalue weighted by Gasteiger charge is -2.47. The van der Waals surface area contributed by atoms with Crippen LogP contribution >= 0.6 is 28.6 Å². The number of hydrogen-bond donors (Lipinski definition) is 0. The lowest BCUT2D eigenvalue weighted by atomic mass is 9.99. The van der Waals surface area contributed by atoms with E-state index in [2.05, 4.69) is 0 Å². The van der Waals surface area contributed by atoms with Gasteiger partial charge in [-0.25, -0.2) is 4.79 Å². The third-order valence-electron chi connectivity index (χ3n) is 19.7. The first-order valence-corrected chi connectivity index (χ1v) is 36.6. The number of amides is 2. The van der Waals surface area contributed by atoms with E-state index in [9.17, 15) is 0 Å². The topological polar surface area (TPSA) is 91.8 Å². The molecule has 8 fully saturated rings. The van der Waals surface area contributed by atoms with Crippen LogP contribution in [0, 0.1) is 0 Å². The summed E-state index contributed by atoms with van der Waals surface area (Å²) in [5.74, 6) is 0. The van der Waals surface area contributed by atoms with E-state index in [-0.39, 0.29) is 76.4 Å². The van der Waals surface area contributed by atoms with Crippen molar-refractivity contribution in [3.63, 3.8) is 0 Å². The van der Waals surface area contributed by atoms with Gasteiger partial charge in [0.2, 0.25) is 0 Å². The third-order valence-corrected chi connectivity index (χ3v) is 36.8. The number of urea groups is 1. The molecule has 7 nitrogen and oxygen atoms in total. The fourth-order valence-corrected chi connectivity index (χ4v) is 33.3. The van der Waals surface area contributed by atoms with Gasteiger partial charge in [-0.15, -0.1) is 0 Å². The Hall–Kier alpha value is 0.190. The van der Waals surface area contributed by atoms with Crippen molar-refractivity contribution in [3.05, 3.63) is 0 Å². The maximum atomic E-state index is 16.8. The van der Waals surface area contributed by atoms with Gasteiger partial charge in [0.25, 0.3) is 0 Å². The molecule has 0 unspecified atom stereocenters. The van der Waals surface area contributed by atoms with Crippen molar-refractivity contribution in [2.45, 2.75) is 302 Å². The molecule has 0 heterocycles. The van der Waals surface area contributed by atoms with Gasteiger partial charge in [0.1, 0.15) is 28.6 Å². The standard InChI is InChI=1S/C53H96N2O5P4/c56-53(54(41-61(57,45-25-9-1-10-26-45)46-27-11-2-12-28-46)42-62(58,47-29-13-3-14-30-47)48-31-15-4-16-32-48)55(43-63(59,49-33-17-5-18-34-49)50-35-19-6-20-36-50)44-64(60,51-37-21-7-22-38-51)52-39-23-8-24-40-52/h45-52H,1-44H2. The largest absolute Gasteiger partial charge is 0.321 e. The van der Waals surface area contributed by atoms with Gasteiger partial charge in [-0.2, -0.15) is 0 Å². The molecule has 0 aromatic rings. The Balaban J connectivity index is 1.25. The Morgan fingerprint density at radius 2 is 0.375 bits per heavy atom. The van der Waals surface area contributed by atoms with E-state index in [0.717, 1.165) is 205 Å². The van der Waals surface area contributed by atoms with Crippen LogP contribution in [0.3, 0.4) is 0 Å². The third kappa shape index (κ3) is 11.8. The summed E-state index contributed by atoms with van der Waals surface area (Å²) in [4.78, 5) is 20.8. The summed E-state index contributed by atoms with van der Waals surface area (Å²) in [6.45, 7) is 0. The molecule has 0 N–H and O–H groups in total. The summed E-state index contributed by atoms with van der Waals surface area (Å²) in [6, 6.07) is -0.141. The Labute approximate surface area is 393 Å². The molecule has 8 aliphatic carbocycles. The summed E-state index contributed by atoms with van der Waals surface area (Å²) in [5.41, 5.74) is 1.02. The highest BCUT2D eigenvalue weighted by Crippen LogP contribution is 2.69. The van der Waals surface area contributed by atoms with Crippen molar-refractivity contribution in [2.24, 2.45) is 0 Å². The highest BCUT2D eigenvalue weighted by Gasteiger charge is 2.52. The number of rotatable bonds is 16. The Kier molecular flexibility index (Phi) is 18.9. The second kappa shape index (κ2) is 23.9. The fraction of sp³-hybridized carbons (Fsp3) is 0.981. The molecular formula is C53H96N2O5P4. The van der Waals surface area contributed by atoms with Crippen LogP contribution in [0.15, 0.2) is 0 Å². The van der Waals surface area contributed by atoms with Crippen LogP contribution in [0.1, 0.15) is 257 Å².